The molecule has 0 atom stereocenters. The number of aryl methyl sites for hydroxylation is 1. The van der Waals surface area contributed by atoms with Crippen molar-refractivity contribution in [3.63, 3.8) is 0 Å². The number of aromatic nitrogens is 3. The topological polar surface area (TPSA) is 50.9 Å². The second kappa shape index (κ2) is 3.43. The molecule has 1 fully saturated rings. The molecule has 2 heterocycles. The molecule has 5 heteroatoms. The maximum Gasteiger partial charge on any atom is 0.163 e. The lowest BCUT2D eigenvalue weighted by Crippen LogP contribution is -2.42. The Hall–Kier alpha value is -1.13. The minimum atomic E-state index is -0.534. The summed E-state index contributed by atoms with van der Waals surface area (Å²) in [5.74, 6) is 0. The first-order chi connectivity index (χ1) is 7.96. The molecule has 0 bridgehead atoms. The lowest BCUT2D eigenvalue weighted by atomic mass is 9.77. The fourth-order valence-corrected chi connectivity index (χ4v) is 2.88. The second-order valence-electron chi connectivity index (χ2n) is 5.16. The van der Waals surface area contributed by atoms with Gasteiger partial charge in [-0.05, 0) is 38.8 Å². The van der Waals surface area contributed by atoms with Crippen LogP contribution in [0.4, 0.5) is 0 Å². The van der Waals surface area contributed by atoms with E-state index in [1.165, 1.54) is 0 Å². The summed E-state index contributed by atoms with van der Waals surface area (Å²) in [5.41, 5.74) is 1.46. The Bertz CT molecular complexity index is 583. The highest BCUT2D eigenvalue weighted by atomic mass is 35.5. The van der Waals surface area contributed by atoms with Crippen molar-refractivity contribution in [3.8, 4) is 0 Å². The number of rotatable bonds is 1. The van der Waals surface area contributed by atoms with Crippen LogP contribution in [-0.2, 0) is 0 Å². The van der Waals surface area contributed by atoms with E-state index >= 15 is 0 Å². The monoisotopic (exact) mass is 251 g/mol. The first kappa shape index (κ1) is 11.0. The molecule has 0 unspecified atom stereocenters. The summed E-state index contributed by atoms with van der Waals surface area (Å²) in [6.45, 7) is 3.91. The van der Waals surface area contributed by atoms with Crippen LogP contribution in [0.5, 0.6) is 0 Å². The molecule has 1 N–H and O–H groups in total. The van der Waals surface area contributed by atoms with Crippen LogP contribution < -0.4 is 0 Å². The van der Waals surface area contributed by atoms with E-state index in [0.717, 1.165) is 29.6 Å². The molecule has 17 heavy (non-hydrogen) atoms. The van der Waals surface area contributed by atoms with Crippen molar-refractivity contribution in [2.24, 2.45) is 0 Å². The zero-order chi connectivity index (χ0) is 12.2. The third-order valence-corrected chi connectivity index (χ3v) is 3.65. The minimum absolute atomic E-state index is 0.318. The molecule has 1 aliphatic rings. The smallest absolute Gasteiger partial charge is 0.163 e. The van der Waals surface area contributed by atoms with Crippen LogP contribution in [0.3, 0.4) is 0 Å². The molecule has 0 amide bonds. The Balaban J connectivity index is 2.08. The van der Waals surface area contributed by atoms with Gasteiger partial charge < -0.3 is 9.67 Å². The van der Waals surface area contributed by atoms with Gasteiger partial charge in [-0.15, -0.1) is 10.2 Å². The van der Waals surface area contributed by atoms with E-state index in [0.29, 0.717) is 11.2 Å². The highest BCUT2D eigenvalue weighted by Crippen LogP contribution is 2.43. The summed E-state index contributed by atoms with van der Waals surface area (Å²) in [5, 5.41) is 19.3. The minimum Gasteiger partial charge on any atom is -0.390 e. The largest absolute Gasteiger partial charge is 0.390 e. The van der Waals surface area contributed by atoms with Crippen molar-refractivity contribution in [2.75, 3.05) is 0 Å². The standard InChI is InChI=1S/C12H14ClN3O/c1-7-3-8-4-10(13)14-15-11(8)16(7)9-5-12(2,17)6-9/h3-4,9,17H,5-6H2,1-2H3. The molecule has 0 aromatic carbocycles. The van der Waals surface area contributed by atoms with Crippen LogP contribution in [-0.4, -0.2) is 25.5 Å². The third-order valence-electron chi connectivity index (χ3n) is 3.46. The Kier molecular flexibility index (Phi) is 2.22. The molecule has 0 saturated heterocycles. The lowest BCUT2D eigenvalue weighted by Gasteiger charge is -2.42. The van der Waals surface area contributed by atoms with Gasteiger partial charge in [-0.3, -0.25) is 0 Å². The fraction of sp³-hybridized carbons (Fsp3) is 0.500. The zero-order valence-electron chi connectivity index (χ0n) is 9.81. The summed E-state index contributed by atoms with van der Waals surface area (Å²) >= 11 is 5.83. The number of hydrogen-bond acceptors (Lipinski definition) is 3. The maximum atomic E-state index is 9.82. The number of halogens is 1. The van der Waals surface area contributed by atoms with E-state index in [1.54, 1.807) is 0 Å². The zero-order valence-corrected chi connectivity index (χ0v) is 10.6. The molecular formula is C12H14ClN3O. The van der Waals surface area contributed by atoms with Gasteiger partial charge in [0.25, 0.3) is 0 Å². The Morgan fingerprint density at radius 1 is 1.41 bits per heavy atom. The van der Waals surface area contributed by atoms with Gasteiger partial charge in [0.15, 0.2) is 10.8 Å². The van der Waals surface area contributed by atoms with E-state index < -0.39 is 5.60 Å². The summed E-state index contributed by atoms with van der Waals surface area (Å²) in [6, 6.07) is 4.20. The van der Waals surface area contributed by atoms with Gasteiger partial charge in [0, 0.05) is 17.1 Å². The van der Waals surface area contributed by atoms with E-state index in [9.17, 15) is 5.11 Å². The molecule has 2 aromatic heterocycles. The van der Waals surface area contributed by atoms with Crippen molar-refractivity contribution in [1.82, 2.24) is 14.8 Å². The van der Waals surface area contributed by atoms with Crippen molar-refractivity contribution in [1.29, 1.82) is 0 Å². The van der Waals surface area contributed by atoms with Crippen molar-refractivity contribution in [2.45, 2.75) is 38.3 Å². The van der Waals surface area contributed by atoms with Gasteiger partial charge in [0.1, 0.15) is 0 Å². The summed E-state index contributed by atoms with van der Waals surface area (Å²) in [7, 11) is 0. The third kappa shape index (κ3) is 1.72. The van der Waals surface area contributed by atoms with E-state index in [1.807, 2.05) is 19.9 Å². The predicted octanol–water partition coefficient (Wildman–Crippen LogP) is 2.48. The molecular weight excluding hydrogens is 238 g/mol. The van der Waals surface area contributed by atoms with E-state index in [-0.39, 0.29) is 0 Å². The van der Waals surface area contributed by atoms with Crippen molar-refractivity contribution < 1.29 is 5.11 Å². The fourth-order valence-electron chi connectivity index (χ4n) is 2.73. The summed E-state index contributed by atoms with van der Waals surface area (Å²) in [4.78, 5) is 0. The van der Waals surface area contributed by atoms with E-state index in [4.69, 9.17) is 11.6 Å². The predicted molar refractivity (Wildman–Crippen MR) is 66.2 cm³/mol. The normalized spacial score (nSPS) is 28.4. The first-order valence-electron chi connectivity index (χ1n) is 5.69. The Morgan fingerprint density at radius 3 is 2.76 bits per heavy atom. The molecule has 0 aliphatic heterocycles. The molecule has 4 nitrogen and oxygen atoms in total. The number of fused-ring (bicyclic) bond motifs is 1. The number of nitrogens with zero attached hydrogens (tertiary/aromatic N) is 3. The molecule has 1 aliphatic carbocycles. The van der Waals surface area contributed by atoms with Crippen LogP contribution >= 0.6 is 11.6 Å². The second-order valence-corrected chi connectivity index (χ2v) is 5.55. The van der Waals surface area contributed by atoms with Gasteiger partial charge in [-0.2, -0.15) is 0 Å². The van der Waals surface area contributed by atoms with Crippen molar-refractivity contribution >= 4 is 22.6 Å². The van der Waals surface area contributed by atoms with Gasteiger partial charge in [0.05, 0.1) is 5.60 Å². The quantitative estimate of drug-likeness (QED) is 0.847. The lowest BCUT2D eigenvalue weighted by molar-refractivity contribution is -0.0502. The highest BCUT2D eigenvalue weighted by Gasteiger charge is 2.40. The van der Waals surface area contributed by atoms with Crippen LogP contribution in [0.25, 0.3) is 11.0 Å². The van der Waals surface area contributed by atoms with E-state index in [2.05, 4.69) is 20.8 Å². The molecule has 0 radical (unpaired) electrons. The molecule has 1 saturated carbocycles. The first-order valence-corrected chi connectivity index (χ1v) is 6.07. The number of aliphatic hydroxyl groups is 1. The van der Waals surface area contributed by atoms with Gasteiger partial charge in [-0.25, -0.2) is 0 Å². The van der Waals surface area contributed by atoms with Crippen LogP contribution in [0, 0.1) is 6.92 Å². The summed E-state index contributed by atoms with van der Waals surface area (Å²) < 4.78 is 2.15. The average molecular weight is 252 g/mol. The van der Waals surface area contributed by atoms with Gasteiger partial charge in [-0.1, -0.05) is 11.6 Å². The molecule has 3 rings (SSSR count). The average Bonchev–Trinajstić information content (AvgIpc) is 2.49. The van der Waals surface area contributed by atoms with Crippen molar-refractivity contribution in [3.05, 3.63) is 23.0 Å². The molecule has 0 spiro atoms. The summed E-state index contributed by atoms with van der Waals surface area (Å²) in [6.07, 6.45) is 1.53. The van der Waals surface area contributed by atoms with Gasteiger partial charge >= 0.3 is 0 Å². The SMILES string of the molecule is Cc1cc2cc(Cl)nnc2n1C1CC(C)(O)C1. The molecule has 90 valence electrons. The Labute approximate surface area is 104 Å². The molecule has 2 aromatic rings. The highest BCUT2D eigenvalue weighted by molar-refractivity contribution is 6.29. The van der Waals surface area contributed by atoms with Crippen LogP contribution in [0.15, 0.2) is 12.1 Å². The Morgan fingerprint density at radius 2 is 2.12 bits per heavy atom. The van der Waals surface area contributed by atoms with Crippen LogP contribution in [0.1, 0.15) is 31.5 Å². The number of hydrogen-bond donors (Lipinski definition) is 1. The van der Waals surface area contributed by atoms with Gasteiger partial charge in [0.2, 0.25) is 0 Å². The maximum absolute atomic E-state index is 9.82. The van der Waals surface area contributed by atoms with Crippen LogP contribution in [0.2, 0.25) is 5.15 Å².